The zero-order valence-electron chi connectivity index (χ0n) is 16.4. The molecule has 2 amide bonds. The average Bonchev–Trinajstić information content (AvgIpc) is 3.52. The molecule has 9 heteroatoms. The summed E-state index contributed by atoms with van der Waals surface area (Å²) >= 11 is 1.11. The van der Waals surface area contributed by atoms with Gasteiger partial charge in [0.15, 0.2) is 17.2 Å². The van der Waals surface area contributed by atoms with Crippen LogP contribution in [0.1, 0.15) is 12.0 Å². The molecule has 0 aliphatic carbocycles. The van der Waals surface area contributed by atoms with Gasteiger partial charge >= 0.3 is 0 Å². The molecule has 0 N–H and O–H groups in total. The van der Waals surface area contributed by atoms with Crippen molar-refractivity contribution in [2.24, 2.45) is 0 Å². The maximum Gasteiger partial charge on any atom is 0.247 e. The van der Waals surface area contributed by atoms with Gasteiger partial charge in [0.1, 0.15) is 10.9 Å². The van der Waals surface area contributed by atoms with E-state index in [1.807, 2.05) is 19.1 Å². The maximum atomic E-state index is 12.9. The smallest absolute Gasteiger partial charge is 0.247 e. The van der Waals surface area contributed by atoms with Crippen LogP contribution in [0, 0.1) is 6.92 Å². The molecule has 0 spiro atoms. The van der Waals surface area contributed by atoms with E-state index >= 15 is 0 Å². The van der Waals surface area contributed by atoms with Crippen LogP contribution in [0.15, 0.2) is 75.0 Å². The predicted molar refractivity (Wildman–Crippen MR) is 113 cm³/mol. The molecule has 5 rings (SSSR count). The zero-order valence-corrected chi connectivity index (χ0v) is 17.2. The molecule has 1 aliphatic rings. The number of benzene rings is 1. The number of hydrogen-bond acceptors (Lipinski definition) is 8. The minimum Gasteiger partial charge on any atom is -0.463 e. The van der Waals surface area contributed by atoms with Gasteiger partial charge in [-0.05, 0) is 43.3 Å². The Morgan fingerprint density at radius 1 is 0.935 bits per heavy atom. The van der Waals surface area contributed by atoms with Crippen molar-refractivity contribution in [1.82, 2.24) is 15.2 Å². The summed E-state index contributed by atoms with van der Waals surface area (Å²) in [6.45, 7) is 1.95. The molecule has 1 aromatic carbocycles. The summed E-state index contributed by atoms with van der Waals surface area (Å²) in [5, 5.41) is 8.06. The summed E-state index contributed by atoms with van der Waals surface area (Å²) < 4.78 is 10.9. The number of aryl methyl sites for hydroxylation is 1. The van der Waals surface area contributed by atoms with Gasteiger partial charge in [-0.25, -0.2) is 9.88 Å². The highest BCUT2D eigenvalue weighted by molar-refractivity contribution is 8.00. The second kappa shape index (κ2) is 7.84. The first kappa shape index (κ1) is 19.3. The largest absolute Gasteiger partial charge is 0.463 e. The highest BCUT2D eigenvalue weighted by Crippen LogP contribution is 2.35. The fourth-order valence-electron chi connectivity index (χ4n) is 3.31. The van der Waals surface area contributed by atoms with Gasteiger partial charge in [-0.3, -0.25) is 9.59 Å². The van der Waals surface area contributed by atoms with Crippen LogP contribution in [0.4, 0.5) is 5.69 Å². The first-order chi connectivity index (χ1) is 15.1. The number of thioether (sulfide) groups is 1. The van der Waals surface area contributed by atoms with Crippen molar-refractivity contribution in [2.75, 3.05) is 4.90 Å². The fraction of sp³-hybridized carbons (Fsp3) is 0.136. The van der Waals surface area contributed by atoms with Gasteiger partial charge in [0.05, 0.1) is 18.2 Å². The number of rotatable bonds is 5. The highest BCUT2D eigenvalue weighted by Gasteiger charge is 2.41. The molecule has 1 fully saturated rings. The minimum atomic E-state index is -0.630. The molecule has 4 aromatic rings. The lowest BCUT2D eigenvalue weighted by molar-refractivity contribution is -0.121. The lowest BCUT2D eigenvalue weighted by Gasteiger charge is -2.15. The van der Waals surface area contributed by atoms with Crippen LogP contribution in [0.2, 0.25) is 0 Å². The Labute approximate surface area is 181 Å². The molecular formula is C22H16N4O4S. The van der Waals surface area contributed by atoms with Gasteiger partial charge in [-0.15, -0.1) is 10.2 Å². The van der Waals surface area contributed by atoms with Crippen LogP contribution in [-0.2, 0) is 9.59 Å². The van der Waals surface area contributed by atoms with E-state index in [1.165, 1.54) is 17.4 Å². The number of furan rings is 2. The number of aromatic nitrogens is 3. The SMILES string of the molecule is Cc1ccc(N2C(=O)CC(Sc3nnc(-c4ccco4)c(-c4ccco4)n3)C2=O)cc1. The normalized spacial score (nSPS) is 16.3. The summed E-state index contributed by atoms with van der Waals surface area (Å²) in [4.78, 5) is 31.3. The van der Waals surface area contributed by atoms with Gasteiger partial charge in [0.2, 0.25) is 17.0 Å². The van der Waals surface area contributed by atoms with Crippen molar-refractivity contribution >= 4 is 29.3 Å². The summed E-state index contributed by atoms with van der Waals surface area (Å²) in [7, 11) is 0. The van der Waals surface area contributed by atoms with Crippen LogP contribution in [0.5, 0.6) is 0 Å². The number of anilines is 1. The number of imide groups is 1. The second-order valence-electron chi connectivity index (χ2n) is 6.96. The molecule has 4 heterocycles. The molecule has 1 atom stereocenters. The first-order valence-electron chi connectivity index (χ1n) is 9.53. The van der Waals surface area contributed by atoms with Crippen LogP contribution < -0.4 is 4.90 Å². The molecule has 8 nitrogen and oxygen atoms in total. The lowest BCUT2D eigenvalue weighted by atomic mass is 10.2. The zero-order chi connectivity index (χ0) is 21.4. The molecule has 3 aromatic heterocycles. The van der Waals surface area contributed by atoms with E-state index in [4.69, 9.17) is 8.83 Å². The van der Waals surface area contributed by atoms with E-state index in [9.17, 15) is 9.59 Å². The molecule has 31 heavy (non-hydrogen) atoms. The molecule has 154 valence electrons. The predicted octanol–water partition coefficient (Wildman–Crippen LogP) is 4.12. The molecule has 1 unspecified atom stereocenters. The standard InChI is InChI=1S/C22H16N4O4S/c1-13-6-8-14(9-7-13)26-18(27)12-17(21(26)28)31-22-23-19(15-4-2-10-29-15)20(24-25-22)16-5-3-11-30-16/h2-11,17H,12H2,1H3. The van der Waals surface area contributed by atoms with Crippen LogP contribution in [0.25, 0.3) is 22.9 Å². The van der Waals surface area contributed by atoms with E-state index < -0.39 is 5.25 Å². The van der Waals surface area contributed by atoms with E-state index in [2.05, 4.69) is 15.2 Å². The Kier molecular flexibility index (Phi) is 4.87. The van der Waals surface area contributed by atoms with Crippen molar-refractivity contribution in [3.63, 3.8) is 0 Å². The maximum absolute atomic E-state index is 12.9. The number of carbonyl (C=O) groups is 2. The Hall–Kier alpha value is -3.72. The average molecular weight is 432 g/mol. The lowest BCUT2D eigenvalue weighted by Crippen LogP contribution is -2.31. The van der Waals surface area contributed by atoms with Gasteiger partial charge in [0.25, 0.3) is 0 Å². The van der Waals surface area contributed by atoms with Crippen molar-refractivity contribution < 1.29 is 18.4 Å². The van der Waals surface area contributed by atoms with Gasteiger partial charge in [-0.1, -0.05) is 29.5 Å². The number of hydrogen-bond donors (Lipinski definition) is 0. The van der Waals surface area contributed by atoms with Gasteiger partial charge in [-0.2, -0.15) is 0 Å². The Morgan fingerprint density at radius 2 is 1.61 bits per heavy atom. The number of amides is 2. The van der Waals surface area contributed by atoms with Crippen molar-refractivity contribution in [3.8, 4) is 22.9 Å². The van der Waals surface area contributed by atoms with Crippen molar-refractivity contribution in [3.05, 3.63) is 66.6 Å². The van der Waals surface area contributed by atoms with Crippen LogP contribution in [0.3, 0.4) is 0 Å². The van der Waals surface area contributed by atoms with E-state index in [0.717, 1.165) is 17.3 Å². The van der Waals surface area contributed by atoms with E-state index in [1.54, 1.807) is 36.4 Å². The third kappa shape index (κ3) is 3.64. The van der Waals surface area contributed by atoms with Gasteiger partial charge in [0, 0.05) is 6.42 Å². The third-order valence-corrected chi connectivity index (χ3v) is 5.86. The molecule has 0 radical (unpaired) electrons. The summed E-state index contributed by atoms with van der Waals surface area (Å²) in [6.07, 6.45) is 3.14. The number of carbonyl (C=O) groups excluding carboxylic acids is 2. The fourth-order valence-corrected chi connectivity index (χ4v) is 4.23. The van der Waals surface area contributed by atoms with Crippen LogP contribution in [-0.4, -0.2) is 32.2 Å². The molecule has 0 bridgehead atoms. The molecule has 1 saturated heterocycles. The quantitative estimate of drug-likeness (QED) is 0.434. The van der Waals surface area contributed by atoms with Gasteiger partial charge < -0.3 is 8.83 Å². The summed E-state index contributed by atoms with van der Waals surface area (Å²) in [5.74, 6) is 0.453. The first-order valence-corrected chi connectivity index (χ1v) is 10.4. The van der Waals surface area contributed by atoms with Crippen molar-refractivity contribution in [2.45, 2.75) is 23.8 Å². The molecule has 1 aliphatic heterocycles. The Balaban J connectivity index is 1.44. The van der Waals surface area contributed by atoms with E-state index in [-0.39, 0.29) is 23.4 Å². The highest BCUT2D eigenvalue weighted by atomic mass is 32.2. The van der Waals surface area contributed by atoms with Crippen LogP contribution >= 0.6 is 11.8 Å². The minimum absolute atomic E-state index is 0.0662. The third-order valence-electron chi connectivity index (χ3n) is 4.82. The number of nitrogens with zero attached hydrogens (tertiary/aromatic N) is 4. The van der Waals surface area contributed by atoms with E-state index in [0.29, 0.717) is 28.6 Å². The van der Waals surface area contributed by atoms with Crippen molar-refractivity contribution in [1.29, 1.82) is 0 Å². The Morgan fingerprint density at radius 3 is 2.26 bits per heavy atom. The summed E-state index contributed by atoms with van der Waals surface area (Å²) in [6, 6.07) is 14.3. The molecular weight excluding hydrogens is 416 g/mol. The topological polar surface area (TPSA) is 102 Å². The second-order valence-corrected chi connectivity index (χ2v) is 8.13. The monoisotopic (exact) mass is 432 g/mol. The summed E-state index contributed by atoms with van der Waals surface area (Å²) in [5.41, 5.74) is 2.49. The Bertz CT molecular complexity index is 1240. The molecule has 0 saturated carbocycles.